The molecule has 0 rings (SSSR count). The molecule has 0 unspecified atom stereocenters. The summed E-state index contributed by atoms with van der Waals surface area (Å²) in [5.74, 6) is -1.29. The van der Waals surface area contributed by atoms with Crippen molar-refractivity contribution in [2.24, 2.45) is 0 Å². The van der Waals surface area contributed by atoms with Crippen molar-refractivity contribution in [1.82, 2.24) is 5.32 Å². The van der Waals surface area contributed by atoms with Crippen molar-refractivity contribution in [2.45, 2.75) is 0 Å². The summed E-state index contributed by atoms with van der Waals surface area (Å²) in [7, 11) is 0. The highest BCUT2D eigenvalue weighted by Gasteiger charge is 1.93. The molecule has 5 heteroatoms. The maximum absolute atomic E-state index is 10.6. The molecule has 0 spiro atoms. The zero-order valence-electron chi connectivity index (χ0n) is 5.71. The van der Waals surface area contributed by atoms with Crippen molar-refractivity contribution in [1.29, 1.82) is 0 Å². The summed E-state index contributed by atoms with van der Waals surface area (Å²) in [4.78, 5) is 20.5. The minimum atomic E-state index is -1.15. The van der Waals surface area contributed by atoms with Crippen LogP contribution in [0, 0.1) is 0 Å². The van der Waals surface area contributed by atoms with Gasteiger partial charge in [-0.05, 0) is 0 Å². The Hall–Kier alpha value is -1.03. The average Bonchev–Trinajstić information content (AvgIpc) is 1.97. The van der Waals surface area contributed by atoms with Crippen LogP contribution in [0.25, 0.3) is 0 Å². The van der Waals surface area contributed by atoms with Crippen LogP contribution in [0.4, 0.5) is 0 Å². The molecule has 0 aromatic carbocycles. The fourth-order valence-electron chi connectivity index (χ4n) is 0.376. The predicted molar refractivity (Wildman–Crippen MR) is 40.5 cm³/mol. The second kappa shape index (κ2) is 5.73. The van der Waals surface area contributed by atoms with Gasteiger partial charge in [-0.1, -0.05) is 0 Å². The maximum atomic E-state index is 10.6. The number of rotatable bonds is 4. The Balaban J connectivity index is 3.60. The lowest BCUT2D eigenvalue weighted by Crippen LogP contribution is -2.23. The highest BCUT2D eigenvalue weighted by molar-refractivity contribution is 6.18. The van der Waals surface area contributed by atoms with Crippen LogP contribution in [0.5, 0.6) is 0 Å². The molecule has 11 heavy (non-hydrogen) atoms. The summed E-state index contributed by atoms with van der Waals surface area (Å²) in [6.45, 7) is 0.338. The number of hydrogen-bond acceptors (Lipinski definition) is 2. The molecule has 0 aliphatic rings. The lowest BCUT2D eigenvalue weighted by atomic mass is 10.4. The molecule has 0 saturated heterocycles. The van der Waals surface area contributed by atoms with Crippen molar-refractivity contribution >= 4 is 23.5 Å². The van der Waals surface area contributed by atoms with Gasteiger partial charge >= 0.3 is 5.97 Å². The molecule has 0 aliphatic heterocycles. The van der Waals surface area contributed by atoms with Crippen LogP contribution >= 0.6 is 11.6 Å². The summed E-state index contributed by atoms with van der Waals surface area (Å²) < 4.78 is 0. The van der Waals surface area contributed by atoms with Crippen molar-refractivity contribution < 1.29 is 14.7 Å². The number of carbonyl (C=O) groups is 2. The SMILES string of the molecule is O=C(O)/C=C\C(=O)NCCCl. The molecule has 0 atom stereocenters. The number of nitrogens with one attached hydrogen (secondary N) is 1. The Morgan fingerprint density at radius 1 is 1.45 bits per heavy atom. The van der Waals surface area contributed by atoms with Crippen LogP contribution < -0.4 is 5.32 Å². The number of hydrogen-bond donors (Lipinski definition) is 2. The predicted octanol–water partition coefficient (Wildman–Crippen LogP) is -0.0178. The van der Waals surface area contributed by atoms with Crippen LogP contribution in [-0.4, -0.2) is 29.4 Å². The molecule has 0 heterocycles. The van der Waals surface area contributed by atoms with E-state index in [0.717, 1.165) is 12.2 Å². The van der Waals surface area contributed by atoms with Crippen molar-refractivity contribution in [3.05, 3.63) is 12.2 Å². The van der Waals surface area contributed by atoms with Gasteiger partial charge in [0.15, 0.2) is 0 Å². The number of amides is 1. The molecule has 0 bridgehead atoms. The van der Waals surface area contributed by atoms with E-state index in [1.54, 1.807) is 0 Å². The number of alkyl halides is 1. The first-order valence-electron chi connectivity index (χ1n) is 2.91. The van der Waals surface area contributed by atoms with E-state index in [9.17, 15) is 9.59 Å². The van der Waals surface area contributed by atoms with Gasteiger partial charge < -0.3 is 10.4 Å². The minimum absolute atomic E-state index is 0.312. The Morgan fingerprint density at radius 2 is 2.09 bits per heavy atom. The standard InChI is InChI=1S/C6H8ClNO3/c7-3-4-8-5(9)1-2-6(10)11/h1-2H,3-4H2,(H,8,9)(H,10,11)/b2-1-. The van der Waals surface area contributed by atoms with Gasteiger partial charge in [-0.2, -0.15) is 0 Å². The molecule has 0 aromatic rings. The topological polar surface area (TPSA) is 66.4 Å². The van der Waals surface area contributed by atoms with Gasteiger partial charge in [-0.25, -0.2) is 4.79 Å². The van der Waals surface area contributed by atoms with Gasteiger partial charge in [0, 0.05) is 24.6 Å². The lowest BCUT2D eigenvalue weighted by Gasteiger charge is -1.94. The fourth-order valence-corrected chi connectivity index (χ4v) is 0.471. The van der Waals surface area contributed by atoms with Crippen molar-refractivity contribution in [2.75, 3.05) is 12.4 Å². The summed E-state index contributed by atoms with van der Waals surface area (Å²) >= 11 is 5.25. The molecular weight excluding hydrogens is 170 g/mol. The van der Waals surface area contributed by atoms with Crippen molar-refractivity contribution in [3.63, 3.8) is 0 Å². The van der Waals surface area contributed by atoms with Gasteiger partial charge in [0.1, 0.15) is 0 Å². The lowest BCUT2D eigenvalue weighted by molar-refractivity contribution is -0.131. The van der Waals surface area contributed by atoms with E-state index in [0.29, 0.717) is 12.4 Å². The van der Waals surface area contributed by atoms with Crippen LogP contribution in [0.2, 0.25) is 0 Å². The van der Waals surface area contributed by atoms with E-state index in [2.05, 4.69) is 5.32 Å². The minimum Gasteiger partial charge on any atom is -0.478 e. The van der Waals surface area contributed by atoms with E-state index in [1.807, 2.05) is 0 Å². The summed E-state index contributed by atoms with van der Waals surface area (Å²) in [6.07, 6.45) is 1.71. The number of carbonyl (C=O) groups excluding carboxylic acids is 1. The molecular formula is C6H8ClNO3. The number of halogens is 1. The zero-order chi connectivity index (χ0) is 8.69. The van der Waals surface area contributed by atoms with Gasteiger partial charge in [0.05, 0.1) is 0 Å². The van der Waals surface area contributed by atoms with Crippen LogP contribution in [0.3, 0.4) is 0 Å². The highest BCUT2D eigenvalue weighted by atomic mass is 35.5. The Bertz CT molecular complexity index is 179. The summed E-state index contributed by atoms with van der Waals surface area (Å²) in [5, 5.41) is 10.5. The molecule has 0 aromatic heterocycles. The third kappa shape index (κ3) is 6.86. The molecule has 4 nitrogen and oxygen atoms in total. The largest absolute Gasteiger partial charge is 0.478 e. The van der Waals surface area contributed by atoms with Crippen molar-refractivity contribution in [3.8, 4) is 0 Å². The first-order chi connectivity index (χ1) is 5.16. The number of carboxylic acids is 1. The normalized spacial score (nSPS) is 9.91. The third-order valence-electron chi connectivity index (χ3n) is 0.771. The molecule has 1 amide bonds. The monoisotopic (exact) mass is 177 g/mol. The second-order valence-corrected chi connectivity index (χ2v) is 2.03. The average molecular weight is 178 g/mol. The molecule has 62 valence electrons. The zero-order valence-corrected chi connectivity index (χ0v) is 6.47. The quantitative estimate of drug-likeness (QED) is 0.469. The van der Waals surface area contributed by atoms with E-state index in [4.69, 9.17) is 16.7 Å². The Kier molecular flexibility index (Phi) is 5.20. The third-order valence-corrected chi connectivity index (χ3v) is 0.960. The fraction of sp³-hybridized carbons (Fsp3) is 0.333. The number of carboxylic acid groups (broad SMARTS) is 1. The first-order valence-corrected chi connectivity index (χ1v) is 3.45. The molecule has 0 aliphatic carbocycles. The number of aliphatic carboxylic acids is 1. The summed E-state index contributed by atoms with van der Waals surface area (Å²) in [5.41, 5.74) is 0. The smallest absolute Gasteiger partial charge is 0.328 e. The highest BCUT2D eigenvalue weighted by Crippen LogP contribution is 1.75. The van der Waals surface area contributed by atoms with E-state index >= 15 is 0 Å². The summed E-state index contributed by atoms with van der Waals surface area (Å²) in [6, 6.07) is 0. The van der Waals surface area contributed by atoms with E-state index in [-0.39, 0.29) is 0 Å². The van der Waals surface area contributed by atoms with Gasteiger partial charge in [-0.3, -0.25) is 4.79 Å². The van der Waals surface area contributed by atoms with E-state index < -0.39 is 11.9 Å². The van der Waals surface area contributed by atoms with E-state index in [1.165, 1.54) is 0 Å². The second-order valence-electron chi connectivity index (χ2n) is 1.65. The first kappa shape index (κ1) is 9.97. The molecule has 2 N–H and O–H groups in total. The molecule has 0 radical (unpaired) electrons. The van der Waals surface area contributed by atoms with Crippen LogP contribution in [-0.2, 0) is 9.59 Å². The molecule has 0 fully saturated rings. The Labute approximate surface area is 68.8 Å². The molecule has 0 saturated carbocycles. The van der Waals surface area contributed by atoms with Crippen LogP contribution in [0.1, 0.15) is 0 Å². The van der Waals surface area contributed by atoms with Gasteiger partial charge in [0.25, 0.3) is 0 Å². The maximum Gasteiger partial charge on any atom is 0.328 e. The van der Waals surface area contributed by atoms with Gasteiger partial charge in [0.2, 0.25) is 5.91 Å². The Morgan fingerprint density at radius 3 is 2.55 bits per heavy atom. The van der Waals surface area contributed by atoms with Crippen LogP contribution in [0.15, 0.2) is 12.2 Å². The van der Waals surface area contributed by atoms with Gasteiger partial charge in [-0.15, -0.1) is 11.6 Å².